The van der Waals surface area contributed by atoms with Crippen LogP contribution in [0.2, 0.25) is 0 Å². The monoisotopic (exact) mass is 591 g/mol. The van der Waals surface area contributed by atoms with Gasteiger partial charge in [0.05, 0.1) is 17.2 Å². The summed E-state index contributed by atoms with van der Waals surface area (Å²) >= 11 is 3.44. The first-order valence-corrected chi connectivity index (χ1v) is 13.6. The van der Waals surface area contributed by atoms with Crippen LogP contribution in [0.3, 0.4) is 0 Å². The molecule has 3 heterocycles. The van der Waals surface area contributed by atoms with Gasteiger partial charge in [0.25, 0.3) is 5.56 Å². The minimum atomic E-state index is -0.358. The van der Waals surface area contributed by atoms with Crippen molar-refractivity contribution in [3.8, 4) is 6.07 Å². The summed E-state index contributed by atoms with van der Waals surface area (Å²) in [4.78, 5) is 22.3. The summed E-state index contributed by atoms with van der Waals surface area (Å²) in [6.45, 7) is 5.94. The molecule has 0 spiro atoms. The van der Waals surface area contributed by atoms with Gasteiger partial charge in [0.1, 0.15) is 33.4 Å². The van der Waals surface area contributed by atoms with Gasteiger partial charge < -0.3 is 9.47 Å². The molecule has 2 aromatic heterocycles. The van der Waals surface area contributed by atoms with Gasteiger partial charge in [0.2, 0.25) is 0 Å². The van der Waals surface area contributed by atoms with Gasteiger partial charge >= 0.3 is 0 Å². The summed E-state index contributed by atoms with van der Waals surface area (Å²) in [5, 5.41) is 10.0. The second-order valence-corrected chi connectivity index (χ2v) is 11.0. The van der Waals surface area contributed by atoms with Crippen LogP contribution in [0.25, 0.3) is 11.0 Å². The molecule has 9 heteroatoms. The molecule has 6 nitrogen and oxygen atoms in total. The van der Waals surface area contributed by atoms with E-state index in [-0.39, 0.29) is 40.8 Å². The van der Waals surface area contributed by atoms with Crippen LogP contribution in [0.1, 0.15) is 36.6 Å². The number of fused-ring (bicyclic) bond motifs is 1. The lowest BCUT2D eigenvalue weighted by molar-refractivity contribution is 0.105. The molecule has 1 fully saturated rings. The van der Waals surface area contributed by atoms with Crippen LogP contribution in [0.15, 0.2) is 70.1 Å². The van der Waals surface area contributed by atoms with Crippen molar-refractivity contribution in [1.29, 1.82) is 5.26 Å². The van der Waals surface area contributed by atoms with E-state index in [4.69, 9.17) is 0 Å². The summed E-state index contributed by atoms with van der Waals surface area (Å²) in [5.41, 5.74) is 3.31. The van der Waals surface area contributed by atoms with Gasteiger partial charge in [0, 0.05) is 32.7 Å². The quantitative estimate of drug-likeness (QED) is 0.275. The van der Waals surface area contributed by atoms with Crippen molar-refractivity contribution in [2.24, 2.45) is 13.0 Å². The van der Waals surface area contributed by atoms with Crippen LogP contribution in [0.5, 0.6) is 0 Å². The normalized spacial score (nSPS) is 16.3. The number of nitrogens with zero attached hydrogens (tertiary/aromatic N) is 5. The van der Waals surface area contributed by atoms with Crippen LogP contribution in [0.4, 0.5) is 14.5 Å². The standard InChI is InChI=1S/C30H28BrF2N5O/c1-18(2)25-17-37(29-23(16-34)30(39)36(3)24-12-13-26(31)35-27(24)29)14-15-38(25)28(19-4-8-21(32)9-5-19)20-6-10-22(33)11-7-20/h4-13,18,25,28H,14-15,17H2,1-3H3/t25-/m1/s1. The molecular weight excluding hydrogens is 564 g/mol. The highest BCUT2D eigenvalue weighted by Gasteiger charge is 2.37. The lowest BCUT2D eigenvalue weighted by atomic mass is 9.90. The fraction of sp³-hybridized carbons (Fsp3) is 0.300. The number of hydrogen-bond acceptors (Lipinski definition) is 5. The van der Waals surface area contributed by atoms with Crippen molar-refractivity contribution in [2.45, 2.75) is 25.9 Å². The van der Waals surface area contributed by atoms with Crippen molar-refractivity contribution >= 4 is 32.7 Å². The van der Waals surface area contributed by atoms with Crippen LogP contribution in [-0.2, 0) is 7.05 Å². The predicted molar refractivity (Wildman–Crippen MR) is 152 cm³/mol. The van der Waals surface area contributed by atoms with Gasteiger partial charge in [-0.3, -0.25) is 9.69 Å². The number of rotatable bonds is 5. The Bertz CT molecular complexity index is 1570. The molecule has 5 rings (SSSR count). The number of piperazine rings is 1. The molecule has 0 unspecified atom stereocenters. The Labute approximate surface area is 234 Å². The maximum atomic E-state index is 13.8. The molecule has 39 heavy (non-hydrogen) atoms. The number of nitriles is 1. The number of pyridine rings is 2. The molecule has 0 saturated carbocycles. The van der Waals surface area contributed by atoms with E-state index in [1.165, 1.54) is 28.8 Å². The number of anilines is 1. The summed E-state index contributed by atoms with van der Waals surface area (Å²) in [7, 11) is 1.65. The molecule has 1 aliphatic rings. The van der Waals surface area contributed by atoms with Gasteiger partial charge in [-0.2, -0.15) is 5.26 Å². The zero-order valence-corrected chi connectivity index (χ0v) is 23.5. The van der Waals surface area contributed by atoms with Crippen LogP contribution < -0.4 is 10.5 Å². The zero-order chi connectivity index (χ0) is 27.8. The van der Waals surface area contributed by atoms with E-state index >= 15 is 0 Å². The fourth-order valence-electron chi connectivity index (χ4n) is 5.59. The minimum absolute atomic E-state index is 0.00309. The number of benzene rings is 2. The van der Waals surface area contributed by atoms with Crippen molar-refractivity contribution in [3.05, 3.63) is 104 Å². The Morgan fingerprint density at radius 2 is 1.56 bits per heavy atom. The molecule has 0 aliphatic carbocycles. The third kappa shape index (κ3) is 5.07. The summed E-state index contributed by atoms with van der Waals surface area (Å²) < 4.78 is 29.8. The van der Waals surface area contributed by atoms with Gasteiger partial charge in [0.15, 0.2) is 0 Å². The maximum Gasteiger partial charge on any atom is 0.270 e. The van der Waals surface area contributed by atoms with Gasteiger partial charge in [-0.15, -0.1) is 0 Å². The predicted octanol–water partition coefficient (Wildman–Crippen LogP) is 5.78. The van der Waals surface area contributed by atoms with E-state index in [0.29, 0.717) is 41.0 Å². The highest BCUT2D eigenvalue weighted by molar-refractivity contribution is 9.10. The smallest absolute Gasteiger partial charge is 0.270 e. The maximum absolute atomic E-state index is 13.8. The number of hydrogen-bond donors (Lipinski definition) is 0. The molecule has 200 valence electrons. The second-order valence-electron chi connectivity index (χ2n) is 10.2. The number of aryl methyl sites for hydroxylation is 1. The fourth-order valence-corrected chi connectivity index (χ4v) is 5.89. The highest BCUT2D eigenvalue weighted by atomic mass is 79.9. The molecular formula is C30H28BrF2N5O. The average molecular weight is 592 g/mol. The highest BCUT2D eigenvalue weighted by Crippen LogP contribution is 2.37. The van der Waals surface area contributed by atoms with Crippen molar-refractivity contribution in [3.63, 3.8) is 0 Å². The summed E-state index contributed by atoms with van der Waals surface area (Å²) in [6.07, 6.45) is 0. The van der Waals surface area contributed by atoms with E-state index in [1.54, 1.807) is 37.4 Å². The first kappa shape index (κ1) is 27.0. The number of halogens is 3. The molecule has 0 radical (unpaired) electrons. The van der Waals surface area contributed by atoms with Gasteiger partial charge in [-0.25, -0.2) is 13.8 Å². The Morgan fingerprint density at radius 3 is 2.10 bits per heavy atom. The Hall–Kier alpha value is -3.61. The second kappa shape index (κ2) is 10.9. The summed E-state index contributed by atoms with van der Waals surface area (Å²) in [5.74, 6) is -0.441. The average Bonchev–Trinajstić information content (AvgIpc) is 2.92. The van der Waals surface area contributed by atoms with Gasteiger partial charge in [-0.1, -0.05) is 38.1 Å². The van der Waals surface area contributed by atoms with Crippen LogP contribution in [0, 0.1) is 28.9 Å². The molecule has 0 N–H and O–H groups in total. The van der Waals surface area contributed by atoms with Gasteiger partial charge in [-0.05, 0) is 69.4 Å². The SMILES string of the molecule is CC(C)[C@H]1CN(c2c(C#N)c(=O)n(C)c3ccc(Br)nc23)CCN1C(c1ccc(F)cc1)c1ccc(F)cc1. The van der Waals surface area contributed by atoms with E-state index in [9.17, 15) is 18.8 Å². The molecule has 0 amide bonds. The van der Waals surface area contributed by atoms with Crippen molar-refractivity contribution < 1.29 is 8.78 Å². The lowest BCUT2D eigenvalue weighted by Crippen LogP contribution is -2.56. The molecule has 1 atom stereocenters. The topological polar surface area (TPSA) is 65.2 Å². The minimum Gasteiger partial charge on any atom is -0.366 e. The number of aromatic nitrogens is 2. The molecule has 4 aromatic rings. The first-order chi connectivity index (χ1) is 18.7. The van der Waals surface area contributed by atoms with Crippen LogP contribution >= 0.6 is 15.9 Å². The first-order valence-electron chi connectivity index (χ1n) is 12.8. The van der Waals surface area contributed by atoms with E-state index in [0.717, 1.165) is 11.1 Å². The summed E-state index contributed by atoms with van der Waals surface area (Å²) in [6, 6.07) is 18.4. The molecule has 0 bridgehead atoms. The Morgan fingerprint density at radius 1 is 0.974 bits per heavy atom. The van der Waals surface area contributed by atoms with E-state index < -0.39 is 0 Å². The van der Waals surface area contributed by atoms with E-state index in [1.807, 2.05) is 6.07 Å². The Kier molecular flexibility index (Phi) is 7.52. The van der Waals surface area contributed by atoms with Crippen molar-refractivity contribution in [2.75, 3.05) is 24.5 Å². The van der Waals surface area contributed by atoms with Crippen LogP contribution in [-0.4, -0.2) is 40.1 Å². The third-order valence-corrected chi connectivity index (χ3v) is 7.98. The van der Waals surface area contributed by atoms with Crippen molar-refractivity contribution in [1.82, 2.24) is 14.5 Å². The largest absolute Gasteiger partial charge is 0.366 e. The molecule has 1 saturated heterocycles. The third-order valence-electron chi connectivity index (χ3n) is 7.54. The zero-order valence-electron chi connectivity index (χ0n) is 21.9. The lowest BCUT2D eigenvalue weighted by Gasteiger charge is -2.48. The van der Waals surface area contributed by atoms with E-state index in [2.05, 4.69) is 50.6 Å². The molecule has 1 aliphatic heterocycles. The Balaban J connectivity index is 1.61. The molecule has 2 aromatic carbocycles.